The molecule has 1 aliphatic heterocycles. The molecule has 1 aliphatic rings. The highest BCUT2D eigenvalue weighted by Gasteiger charge is 2.17. The maximum Gasteiger partial charge on any atom is 0.315 e. The van der Waals surface area contributed by atoms with Crippen LogP contribution >= 0.6 is 0 Å². The van der Waals surface area contributed by atoms with Crippen LogP contribution in [0.2, 0.25) is 0 Å². The Morgan fingerprint density at radius 2 is 2.37 bits per heavy atom. The maximum absolute atomic E-state index is 11.7. The van der Waals surface area contributed by atoms with Gasteiger partial charge in [0.25, 0.3) is 0 Å². The largest absolute Gasteiger partial charge is 0.379 e. The fraction of sp³-hybridized carbons (Fsp3) is 0.385. The van der Waals surface area contributed by atoms with Crippen LogP contribution in [-0.4, -0.2) is 35.3 Å². The highest BCUT2D eigenvalue weighted by molar-refractivity contribution is 5.76. The van der Waals surface area contributed by atoms with E-state index in [0.717, 1.165) is 23.3 Å². The summed E-state index contributed by atoms with van der Waals surface area (Å²) in [6.07, 6.45) is 0.873. The molecule has 1 aromatic carbocycles. The smallest absolute Gasteiger partial charge is 0.315 e. The number of carbonyl (C=O) groups excluding carboxylic acids is 1. The number of nitrogens with zero attached hydrogens (tertiary/aromatic N) is 1. The molecule has 0 aliphatic carbocycles. The number of hydrogen-bond donors (Lipinski definition) is 3. The molecule has 1 atom stereocenters. The van der Waals surface area contributed by atoms with Gasteiger partial charge in [0.2, 0.25) is 0 Å². The molecule has 0 saturated carbocycles. The van der Waals surface area contributed by atoms with Crippen molar-refractivity contribution in [2.24, 2.45) is 0 Å². The monoisotopic (exact) mass is 260 g/mol. The molecule has 2 aromatic rings. The van der Waals surface area contributed by atoms with Crippen LogP contribution < -0.4 is 10.6 Å². The van der Waals surface area contributed by atoms with E-state index in [1.54, 1.807) is 0 Å². The van der Waals surface area contributed by atoms with E-state index in [2.05, 4.69) is 20.6 Å². The Kier molecular flexibility index (Phi) is 3.33. The number of H-pyrrole nitrogens is 1. The average molecular weight is 260 g/mol. The van der Waals surface area contributed by atoms with Gasteiger partial charge in [-0.1, -0.05) is 12.1 Å². The topological polar surface area (TPSA) is 79.0 Å². The van der Waals surface area contributed by atoms with Gasteiger partial charge < -0.3 is 20.4 Å². The third kappa shape index (κ3) is 2.85. The van der Waals surface area contributed by atoms with Crippen molar-refractivity contribution in [3.8, 4) is 0 Å². The van der Waals surface area contributed by atoms with Crippen molar-refractivity contribution in [2.45, 2.75) is 19.0 Å². The van der Waals surface area contributed by atoms with Crippen LogP contribution in [0.15, 0.2) is 24.3 Å². The number of imidazole rings is 1. The number of ether oxygens (including phenoxy) is 1. The standard InChI is InChI=1S/C13H16N4O2/c18-13(15-9-5-6-19-8-9)14-7-12-16-10-3-1-2-4-11(10)17-12/h1-4,9H,5-8H2,(H,16,17)(H2,14,15,18). The van der Waals surface area contributed by atoms with E-state index in [1.165, 1.54) is 0 Å². The zero-order valence-electron chi connectivity index (χ0n) is 10.5. The van der Waals surface area contributed by atoms with E-state index in [1.807, 2.05) is 24.3 Å². The van der Waals surface area contributed by atoms with E-state index in [4.69, 9.17) is 4.74 Å². The lowest BCUT2D eigenvalue weighted by molar-refractivity contribution is 0.188. The molecule has 0 radical (unpaired) electrons. The van der Waals surface area contributed by atoms with Gasteiger partial charge in [0.05, 0.1) is 30.2 Å². The van der Waals surface area contributed by atoms with E-state index in [9.17, 15) is 4.79 Å². The Morgan fingerprint density at radius 1 is 1.47 bits per heavy atom. The first-order chi connectivity index (χ1) is 9.31. The van der Waals surface area contributed by atoms with Gasteiger partial charge in [0.1, 0.15) is 5.82 Å². The summed E-state index contributed by atoms with van der Waals surface area (Å²) in [5, 5.41) is 5.65. The number of benzene rings is 1. The van der Waals surface area contributed by atoms with Gasteiger partial charge in [-0.2, -0.15) is 0 Å². The fourth-order valence-corrected chi connectivity index (χ4v) is 2.14. The molecule has 19 heavy (non-hydrogen) atoms. The maximum atomic E-state index is 11.7. The molecule has 1 aromatic heterocycles. The van der Waals surface area contributed by atoms with Crippen LogP contribution in [-0.2, 0) is 11.3 Å². The number of fused-ring (bicyclic) bond motifs is 1. The number of rotatable bonds is 3. The Balaban J connectivity index is 1.54. The molecule has 6 nitrogen and oxygen atoms in total. The third-order valence-electron chi connectivity index (χ3n) is 3.12. The summed E-state index contributed by atoms with van der Waals surface area (Å²) in [5.74, 6) is 0.749. The number of aromatic amines is 1. The molecule has 100 valence electrons. The van der Waals surface area contributed by atoms with Crippen LogP contribution in [0.25, 0.3) is 11.0 Å². The number of nitrogens with one attached hydrogen (secondary N) is 3. The van der Waals surface area contributed by atoms with Crippen LogP contribution in [0.4, 0.5) is 4.79 Å². The Bertz CT molecular complexity index is 542. The fourth-order valence-electron chi connectivity index (χ4n) is 2.14. The summed E-state index contributed by atoms with van der Waals surface area (Å²) in [7, 11) is 0. The van der Waals surface area contributed by atoms with Crippen molar-refractivity contribution >= 4 is 17.1 Å². The zero-order chi connectivity index (χ0) is 13.1. The Morgan fingerprint density at radius 3 is 3.16 bits per heavy atom. The van der Waals surface area contributed by atoms with Crippen molar-refractivity contribution in [3.63, 3.8) is 0 Å². The van der Waals surface area contributed by atoms with Crippen molar-refractivity contribution in [2.75, 3.05) is 13.2 Å². The summed E-state index contributed by atoms with van der Waals surface area (Å²) in [4.78, 5) is 19.2. The van der Waals surface area contributed by atoms with Gasteiger partial charge in [-0.05, 0) is 18.6 Å². The average Bonchev–Trinajstić information content (AvgIpc) is 3.04. The van der Waals surface area contributed by atoms with Gasteiger partial charge in [0.15, 0.2) is 0 Å². The molecule has 3 N–H and O–H groups in total. The molecule has 0 bridgehead atoms. The second-order valence-electron chi connectivity index (χ2n) is 4.59. The lowest BCUT2D eigenvalue weighted by Crippen LogP contribution is -2.42. The summed E-state index contributed by atoms with van der Waals surface area (Å²) in [6.45, 7) is 1.70. The van der Waals surface area contributed by atoms with Crippen molar-refractivity contribution in [1.29, 1.82) is 0 Å². The number of amides is 2. The summed E-state index contributed by atoms with van der Waals surface area (Å²) < 4.78 is 5.20. The quantitative estimate of drug-likeness (QED) is 0.774. The first-order valence-electron chi connectivity index (χ1n) is 6.37. The van der Waals surface area contributed by atoms with Crippen LogP contribution in [0, 0.1) is 0 Å². The molecule has 6 heteroatoms. The van der Waals surface area contributed by atoms with Gasteiger partial charge in [-0.25, -0.2) is 9.78 Å². The van der Waals surface area contributed by atoms with E-state index in [0.29, 0.717) is 19.8 Å². The van der Waals surface area contributed by atoms with E-state index < -0.39 is 0 Å². The van der Waals surface area contributed by atoms with Gasteiger partial charge in [-0.3, -0.25) is 0 Å². The number of para-hydroxylation sites is 2. The van der Waals surface area contributed by atoms with E-state index >= 15 is 0 Å². The predicted molar refractivity (Wildman–Crippen MR) is 70.7 cm³/mol. The molecule has 0 spiro atoms. The number of urea groups is 1. The molecule has 3 rings (SSSR count). The first kappa shape index (κ1) is 12.0. The van der Waals surface area contributed by atoms with Crippen molar-refractivity contribution in [1.82, 2.24) is 20.6 Å². The third-order valence-corrected chi connectivity index (χ3v) is 3.12. The van der Waals surface area contributed by atoms with Crippen LogP contribution in [0.1, 0.15) is 12.2 Å². The molecule has 1 fully saturated rings. The summed E-state index contributed by atoms with van der Waals surface area (Å²) >= 11 is 0. The number of aromatic nitrogens is 2. The minimum absolute atomic E-state index is 0.121. The van der Waals surface area contributed by atoms with Crippen molar-refractivity contribution in [3.05, 3.63) is 30.1 Å². The first-order valence-corrected chi connectivity index (χ1v) is 6.37. The molecule has 1 unspecified atom stereocenters. The summed E-state index contributed by atoms with van der Waals surface area (Å²) in [6, 6.07) is 7.72. The highest BCUT2D eigenvalue weighted by atomic mass is 16.5. The van der Waals surface area contributed by atoms with Crippen LogP contribution in [0.3, 0.4) is 0 Å². The Labute approximate surface area is 110 Å². The minimum atomic E-state index is -0.184. The SMILES string of the molecule is O=C(NCc1nc2ccccc2[nH]1)NC1CCOC1. The minimum Gasteiger partial charge on any atom is -0.379 e. The Hall–Kier alpha value is -2.08. The normalized spacial score (nSPS) is 18.6. The second-order valence-corrected chi connectivity index (χ2v) is 4.59. The lowest BCUT2D eigenvalue weighted by atomic mass is 10.3. The lowest BCUT2D eigenvalue weighted by Gasteiger charge is -2.10. The molecule has 1 saturated heterocycles. The van der Waals surface area contributed by atoms with Gasteiger partial charge >= 0.3 is 6.03 Å². The second kappa shape index (κ2) is 5.27. The summed E-state index contributed by atoms with van der Waals surface area (Å²) in [5.41, 5.74) is 1.88. The number of hydrogen-bond acceptors (Lipinski definition) is 3. The van der Waals surface area contributed by atoms with Crippen molar-refractivity contribution < 1.29 is 9.53 Å². The highest BCUT2D eigenvalue weighted by Crippen LogP contribution is 2.09. The number of carbonyl (C=O) groups is 1. The van der Waals surface area contributed by atoms with Crippen LogP contribution in [0.5, 0.6) is 0 Å². The predicted octanol–water partition coefficient (Wildman–Crippen LogP) is 1.15. The van der Waals surface area contributed by atoms with Gasteiger partial charge in [0, 0.05) is 6.61 Å². The molecular formula is C13H16N4O2. The molecular weight excluding hydrogens is 244 g/mol. The van der Waals surface area contributed by atoms with Gasteiger partial charge in [-0.15, -0.1) is 0 Å². The molecule has 2 amide bonds. The van der Waals surface area contributed by atoms with E-state index in [-0.39, 0.29) is 12.1 Å². The molecule has 2 heterocycles. The zero-order valence-corrected chi connectivity index (χ0v) is 10.5.